The van der Waals surface area contributed by atoms with E-state index < -0.39 is 9.84 Å². The molecule has 30 heavy (non-hydrogen) atoms. The number of hydrogen-bond donors (Lipinski definition) is 1. The summed E-state index contributed by atoms with van der Waals surface area (Å²) in [5, 5.41) is 13.8. The Labute approximate surface area is 180 Å². The van der Waals surface area contributed by atoms with Gasteiger partial charge in [-0.05, 0) is 30.7 Å². The summed E-state index contributed by atoms with van der Waals surface area (Å²) in [6, 6.07) is 13.8. The van der Waals surface area contributed by atoms with E-state index in [2.05, 4.69) is 15.5 Å². The Bertz CT molecular complexity index is 1180. The molecule has 0 spiro atoms. The van der Waals surface area contributed by atoms with Crippen LogP contribution in [0.2, 0.25) is 0 Å². The Morgan fingerprint density at radius 2 is 2.00 bits per heavy atom. The van der Waals surface area contributed by atoms with Gasteiger partial charge in [-0.3, -0.25) is 4.79 Å². The fourth-order valence-electron chi connectivity index (χ4n) is 3.70. The summed E-state index contributed by atoms with van der Waals surface area (Å²) in [7, 11) is -1.06. The van der Waals surface area contributed by atoms with E-state index >= 15 is 0 Å². The molecule has 1 fully saturated rings. The van der Waals surface area contributed by atoms with Crippen LogP contribution in [-0.2, 0) is 28.1 Å². The average molecular weight is 445 g/mol. The SMILES string of the molecule is CC(Sc1nnc(CC2CCS(=O)(=O)C2)n1C)C(=O)Nc1cccc2ccccc12. The van der Waals surface area contributed by atoms with E-state index in [1.165, 1.54) is 11.8 Å². The highest BCUT2D eigenvalue weighted by Crippen LogP contribution is 2.27. The van der Waals surface area contributed by atoms with Crippen molar-refractivity contribution in [3.8, 4) is 0 Å². The lowest BCUT2D eigenvalue weighted by atomic mass is 10.1. The molecule has 158 valence electrons. The van der Waals surface area contributed by atoms with Gasteiger partial charge in [0, 0.05) is 24.5 Å². The maximum Gasteiger partial charge on any atom is 0.237 e. The summed E-state index contributed by atoms with van der Waals surface area (Å²) in [4.78, 5) is 12.8. The Hall–Kier alpha value is -2.39. The molecule has 1 aliphatic rings. The second-order valence-corrected chi connectivity index (χ2v) is 11.2. The van der Waals surface area contributed by atoms with Crippen molar-refractivity contribution in [2.75, 3.05) is 16.8 Å². The zero-order valence-corrected chi connectivity index (χ0v) is 18.5. The van der Waals surface area contributed by atoms with Gasteiger partial charge in [0.05, 0.1) is 16.8 Å². The fraction of sp³-hybridized carbons (Fsp3) is 0.381. The Kier molecular flexibility index (Phi) is 5.84. The van der Waals surface area contributed by atoms with E-state index in [9.17, 15) is 13.2 Å². The third-order valence-corrected chi connectivity index (χ3v) is 8.39. The third kappa shape index (κ3) is 4.52. The van der Waals surface area contributed by atoms with Crippen molar-refractivity contribution in [1.82, 2.24) is 14.8 Å². The van der Waals surface area contributed by atoms with Crippen LogP contribution in [0.25, 0.3) is 10.8 Å². The number of carbonyl (C=O) groups excluding carboxylic acids is 1. The summed E-state index contributed by atoms with van der Waals surface area (Å²) in [6.45, 7) is 1.84. The molecule has 0 aliphatic carbocycles. The maximum absolute atomic E-state index is 12.8. The molecule has 1 aliphatic heterocycles. The van der Waals surface area contributed by atoms with Crippen LogP contribution in [0.1, 0.15) is 19.2 Å². The largest absolute Gasteiger partial charge is 0.325 e. The first-order chi connectivity index (χ1) is 14.3. The van der Waals surface area contributed by atoms with Crippen molar-refractivity contribution in [1.29, 1.82) is 0 Å². The van der Waals surface area contributed by atoms with Gasteiger partial charge < -0.3 is 9.88 Å². The molecule has 7 nitrogen and oxygen atoms in total. The number of sulfone groups is 1. The van der Waals surface area contributed by atoms with Crippen LogP contribution >= 0.6 is 11.8 Å². The Morgan fingerprint density at radius 1 is 1.23 bits per heavy atom. The van der Waals surface area contributed by atoms with Crippen LogP contribution in [0, 0.1) is 5.92 Å². The molecule has 0 bridgehead atoms. The lowest BCUT2D eigenvalue weighted by molar-refractivity contribution is -0.115. The molecular weight excluding hydrogens is 420 g/mol. The minimum atomic E-state index is -2.91. The zero-order chi connectivity index (χ0) is 21.3. The second kappa shape index (κ2) is 8.39. The molecule has 2 heterocycles. The molecule has 1 aromatic heterocycles. The number of rotatable bonds is 6. The zero-order valence-electron chi connectivity index (χ0n) is 16.9. The van der Waals surface area contributed by atoms with Crippen LogP contribution in [-0.4, -0.2) is 45.8 Å². The Balaban J connectivity index is 1.42. The first-order valence-corrected chi connectivity index (χ1v) is 12.6. The van der Waals surface area contributed by atoms with Gasteiger partial charge in [-0.2, -0.15) is 0 Å². The summed E-state index contributed by atoms with van der Waals surface area (Å²) >= 11 is 1.34. The number of benzene rings is 2. The topological polar surface area (TPSA) is 93.9 Å². The number of fused-ring (bicyclic) bond motifs is 1. The number of nitrogens with one attached hydrogen (secondary N) is 1. The van der Waals surface area contributed by atoms with Crippen LogP contribution < -0.4 is 5.32 Å². The van der Waals surface area contributed by atoms with Crippen molar-refractivity contribution >= 4 is 44.0 Å². The third-order valence-electron chi connectivity index (χ3n) is 5.42. The number of hydrogen-bond acceptors (Lipinski definition) is 6. The van der Waals surface area contributed by atoms with Crippen molar-refractivity contribution in [3.05, 3.63) is 48.3 Å². The normalized spacial score (nSPS) is 19.1. The standard InChI is InChI=1S/C21H24N4O3S2/c1-14(20(26)22-18-9-5-7-16-6-3-4-8-17(16)18)29-21-24-23-19(25(21)2)12-15-10-11-30(27,28)13-15/h3-9,14-15H,10-13H2,1-2H3,(H,22,26). The number of carbonyl (C=O) groups is 1. The van der Waals surface area contributed by atoms with Crippen molar-refractivity contribution < 1.29 is 13.2 Å². The molecule has 1 saturated heterocycles. The van der Waals surface area contributed by atoms with Gasteiger partial charge in [-0.1, -0.05) is 48.2 Å². The van der Waals surface area contributed by atoms with Crippen molar-refractivity contribution in [3.63, 3.8) is 0 Å². The van der Waals surface area contributed by atoms with E-state index in [0.717, 1.165) is 22.3 Å². The fourth-order valence-corrected chi connectivity index (χ4v) is 6.39. The smallest absolute Gasteiger partial charge is 0.237 e. The molecule has 2 aromatic carbocycles. The van der Waals surface area contributed by atoms with Gasteiger partial charge in [0.15, 0.2) is 15.0 Å². The summed E-state index contributed by atoms with van der Waals surface area (Å²) in [5.74, 6) is 1.20. The number of aromatic nitrogens is 3. The lowest BCUT2D eigenvalue weighted by Gasteiger charge is -2.13. The van der Waals surface area contributed by atoms with Gasteiger partial charge in [0.2, 0.25) is 5.91 Å². The van der Waals surface area contributed by atoms with Crippen LogP contribution in [0.5, 0.6) is 0 Å². The molecule has 1 N–H and O–H groups in total. The average Bonchev–Trinajstić information content (AvgIpc) is 3.24. The van der Waals surface area contributed by atoms with Gasteiger partial charge in [-0.15, -0.1) is 10.2 Å². The summed E-state index contributed by atoms with van der Waals surface area (Å²) in [6.07, 6.45) is 1.25. The number of thioether (sulfide) groups is 1. The number of anilines is 1. The van der Waals surface area contributed by atoms with E-state index in [0.29, 0.717) is 18.0 Å². The van der Waals surface area contributed by atoms with E-state index in [-0.39, 0.29) is 28.6 Å². The van der Waals surface area contributed by atoms with Crippen molar-refractivity contribution in [2.24, 2.45) is 13.0 Å². The molecule has 0 radical (unpaired) electrons. The maximum atomic E-state index is 12.8. The highest BCUT2D eigenvalue weighted by Gasteiger charge is 2.29. The van der Waals surface area contributed by atoms with Gasteiger partial charge in [0.1, 0.15) is 5.82 Å². The summed E-state index contributed by atoms with van der Waals surface area (Å²) < 4.78 is 25.2. The molecule has 2 unspecified atom stereocenters. The molecule has 2 atom stereocenters. The predicted molar refractivity (Wildman–Crippen MR) is 119 cm³/mol. The first kappa shape index (κ1) is 20.9. The Morgan fingerprint density at radius 3 is 2.77 bits per heavy atom. The van der Waals surface area contributed by atoms with Crippen LogP contribution in [0.3, 0.4) is 0 Å². The van der Waals surface area contributed by atoms with Crippen LogP contribution in [0.4, 0.5) is 5.69 Å². The van der Waals surface area contributed by atoms with E-state index in [1.807, 2.05) is 61.0 Å². The van der Waals surface area contributed by atoms with E-state index in [1.54, 1.807) is 0 Å². The minimum absolute atomic E-state index is 0.0860. The minimum Gasteiger partial charge on any atom is -0.325 e. The van der Waals surface area contributed by atoms with E-state index in [4.69, 9.17) is 0 Å². The predicted octanol–water partition coefficient (Wildman–Crippen LogP) is 3.06. The molecule has 0 saturated carbocycles. The van der Waals surface area contributed by atoms with Gasteiger partial charge in [-0.25, -0.2) is 8.42 Å². The van der Waals surface area contributed by atoms with Gasteiger partial charge >= 0.3 is 0 Å². The molecule has 3 aromatic rings. The first-order valence-electron chi connectivity index (χ1n) is 9.86. The summed E-state index contributed by atoms with van der Waals surface area (Å²) in [5.41, 5.74) is 0.784. The number of nitrogens with zero attached hydrogens (tertiary/aromatic N) is 3. The molecule has 9 heteroatoms. The lowest BCUT2D eigenvalue weighted by Crippen LogP contribution is -2.23. The monoisotopic (exact) mass is 444 g/mol. The highest BCUT2D eigenvalue weighted by molar-refractivity contribution is 8.00. The highest BCUT2D eigenvalue weighted by atomic mass is 32.2. The van der Waals surface area contributed by atoms with Crippen molar-refractivity contribution in [2.45, 2.75) is 30.2 Å². The van der Waals surface area contributed by atoms with Crippen LogP contribution in [0.15, 0.2) is 47.6 Å². The second-order valence-electron chi connectivity index (χ2n) is 7.71. The molecular formula is C21H24N4O3S2. The molecule has 4 rings (SSSR count). The quantitative estimate of drug-likeness (QED) is 0.587. The number of amides is 1. The molecule has 1 amide bonds. The van der Waals surface area contributed by atoms with Gasteiger partial charge in [0.25, 0.3) is 0 Å².